The molecule has 6 nitrogen and oxygen atoms in total. The number of hydrogen-bond acceptors (Lipinski definition) is 4. The van der Waals surface area contributed by atoms with Gasteiger partial charge in [-0.05, 0) is 36.8 Å². The van der Waals surface area contributed by atoms with Crippen LogP contribution in [0, 0.1) is 0 Å². The Kier molecular flexibility index (Phi) is 6.81. The number of carbonyl (C=O) groups excluding carboxylic acids is 2. The van der Waals surface area contributed by atoms with Crippen molar-refractivity contribution < 1.29 is 14.3 Å². The molecular formula is C22H20ClN3O3. The van der Waals surface area contributed by atoms with E-state index in [2.05, 4.69) is 15.6 Å². The Hall–Kier alpha value is -3.38. The molecule has 0 aliphatic rings. The number of ether oxygens (including phenoxy) is 1. The summed E-state index contributed by atoms with van der Waals surface area (Å²) in [6.45, 7) is 1.69. The molecule has 0 spiro atoms. The van der Waals surface area contributed by atoms with Gasteiger partial charge in [0.25, 0.3) is 11.8 Å². The number of benzene rings is 2. The van der Waals surface area contributed by atoms with E-state index < -0.39 is 5.91 Å². The smallest absolute Gasteiger partial charge is 0.260 e. The molecule has 2 aromatic carbocycles. The monoisotopic (exact) mass is 409 g/mol. The summed E-state index contributed by atoms with van der Waals surface area (Å²) in [7, 11) is 0. The van der Waals surface area contributed by atoms with Crippen molar-refractivity contribution in [3.63, 3.8) is 0 Å². The van der Waals surface area contributed by atoms with Gasteiger partial charge in [0.15, 0.2) is 6.61 Å². The van der Waals surface area contributed by atoms with Crippen molar-refractivity contribution >= 4 is 29.2 Å². The number of amides is 2. The minimum Gasteiger partial charge on any atom is -0.483 e. The number of para-hydroxylation sites is 1. The number of hydrogen-bond donors (Lipinski definition) is 2. The number of pyridine rings is 1. The SMILES string of the molecule is CC(NC(=O)COc1ccccc1C(=O)Nc1ccc(Cl)cn1)c1ccccc1. The van der Waals surface area contributed by atoms with Crippen LogP contribution in [0.5, 0.6) is 5.75 Å². The van der Waals surface area contributed by atoms with E-state index in [9.17, 15) is 9.59 Å². The summed E-state index contributed by atoms with van der Waals surface area (Å²) in [4.78, 5) is 28.8. The van der Waals surface area contributed by atoms with Gasteiger partial charge in [-0.2, -0.15) is 0 Å². The van der Waals surface area contributed by atoms with Crippen LogP contribution in [0.1, 0.15) is 28.9 Å². The predicted molar refractivity (Wildman–Crippen MR) is 112 cm³/mol. The fourth-order valence-corrected chi connectivity index (χ4v) is 2.78. The Balaban J connectivity index is 1.60. The van der Waals surface area contributed by atoms with Crippen LogP contribution in [0.25, 0.3) is 0 Å². The summed E-state index contributed by atoms with van der Waals surface area (Å²) in [6.07, 6.45) is 1.44. The number of rotatable bonds is 7. The number of anilines is 1. The largest absolute Gasteiger partial charge is 0.483 e. The molecule has 0 aliphatic carbocycles. The Morgan fingerprint density at radius 1 is 1.03 bits per heavy atom. The fraction of sp³-hybridized carbons (Fsp3) is 0.136. The topological polar surface area (TPSA) is 80.3 Å². The third-order valence-corrected chi connectivity index (χ3v) is 4.36. The Labute approximate surface area is 173 Å². The van der Waals surface area contributed by atoms with Gasteiger partial charge in [-0.25, -0.2) is 4.98 Å². The highest BCUT2D eigenvalue weighted by atomic mass is 35.5. The molecule has 29 heavy (non-hydrogen) atoms. The van der Waals surface area contributed by atoms with Crippen LogP contribution in [0.15, 0.2) is 72.9 Å². The van der Waals surface area contributed by atoms with Crippen molar-refractivity contribution in [2.75, 3.05) is 11.9 Å². The van der Waals surface area contributed by atoms with Gasteiger partial charge in [0.2, 0.25) is 0 Å². The molecule has 2 amide bonds. The molecular weight excluding hydrogens is 390 g/mol. The third kappa shape index (κ3) is 5.80. The fourth-order valence-electron chi connectivity index (χ4n) is 2.66. The van der Waals surface area contributed by atoms with E-state index in [0.717, 1.165) is 5.56 Å². The van der Waals surface area contributed by atoms with Gasteiger partial charge in [0.1, 0.15) is 11.6 Å². The molecule has 1 aromatic heterocycles. The molecule has 1 heterocycles. The van der Waals surface area contributed by atoms with E-state index in [1.54, 1.807) is 36.4 Å². The lowest BCUT2D eigenvalue weighted by atomic mass is 10.1. The van der Waals surface area contributed by atoms with Crippen LogP contribution in [-0.4, -0.2) is 23.4 Å². The van der Waals surface area contributed by atoms with Crippen molar-refractivity contribution in [2.45, 2.75) is 13.0 Å². The van der Waals surface area contributed by atoms with E-state index in [-0.39, 0.29) is 18.6 Å². The lowest BCUT2D eigenvalue weighted by molar-refractivity contribution is -0.123. The van der Waals surface area contributed by atoms with Crippen LogP contribution in [0.2, 0.25) is 5.02 Å². The standard InChI is InChI=1S/C22H20ClN3O3/c1-15(16-7-3-2-4-8-16)25-21(27)14-29-19-10-6-5-9-18(19)22(28)26-20-12-11-17(23)13-24-20/h2-13,15H,14H2,1H3,(H,25,27)(H,24,26,28). The van der Waals surface area contributed by atoms with Crippen molar-refractivity contribution in [1.82, 2.24) is 10.3 Å². The minimum absolute atomic E-state index is 0.151. The quantitative estimate of drug-likeness (QED) is 0.611. The van der Waals surface area contributed by atoms with Gasteiger partial charge >= 0.3 is 0 Å². The second-order valence-corrected chi connectivity index (χ2v) is 6.74. The number of nitrogens with one attached hydrogen (secondary N) is 2. The Bertz CT molecular complexity index is 978. The van der Waals surface area contributed by atoms with Crippen molar-refractivity contribution in [1.29, 1.82) is 0 Å². The molecule has 3 rings (SSSR count). The van der Waals surface area contributed by atoms with Crippen molar-refractivity contribution in [3.8, 4) is 5.75 Å². The van der Waals surface area contributed by atoms with Gasteiger partial charge in [-0.3, -0.25) is 9.59 Å². The van der Waals surface area contributed by atoms with E-state index in [1.807, 2.05) is 37.3 Å². The van der Waals surface area contributed by atoms with Crippen molar-refractivity contribution in [3.05, 3.63) is 89.1 Å². The highest BCUT2D eigenvalue weighted by molar-refractivity contribution is 6.30. The summed E-state index contributed by atoms with van der Waals surface area (Å²) in [6, 6.07) is 19.4. The van der Waals surface area contributed by atoms with Gasteiger partial charge < -0.3 is 15.4 Å². The first-order chi connectivity index (χ1) is 14.0. The zero-order chi connectivity index (χ0) is 20.6. The molecule has 0 aliphatic heterocycles. The zero-order valence-corrected chi connectivity index (χ0v) is 16.5. The molecule has 0 saturated carbocycles. The Morgan fingerprint density at radius 2 is 1.76 bits per heavy atom. The zero-order valence-electron chi connectivity index (χ0n) is 15.8. The molecule has 7 heteroatoms. The lowest BCUT2D eigenvalue weighted by Gasteiger charge is -2.15. The number of nitrogens with zero attached hydrogens (tertiary/aromatic N) is 1. The minimum atomic E-state index is -0.395. The average Bonchev–Trinajstić information content (AvgIpc) is 2.74. The third-order valence-electron chi connectivity index (χ3n) is 4.14. The molecule has 0 radical (unpaired) electrons. The van der Waals surface area contributed by atoms with Gasteiger partial charge in [0, 0.05) is 6.20 Å². The molecule has 1 atom stereocenters. The van der Waals surface area contributed by atoms with Crippen LogP contribution in [0.3, 0.4) is 0 Å². The summed E-state index contributed by atoms with van der Waals surface area (Å²) in [5, 5.41) is 6.03. The number of halogens is 1. The molecule has 3 aromatic rings. The molecule has 1 unspecified atom stereocenters. The maximum absolute atomic E-state index is 12.6. The molecule has 2 N–H and O–H groups in total. The molecule has 0 saturated heterocycles. The van der Waals surface area contributed by atoms with Crippen LogP contribution < -0.4 is 15.4 Å². The van der Waals surface area contributed by atoms with E-state index in [0.29, 0.717) is 22.2 Å². The van der Waals surface area contributed by atoms with E-state index >= 15 is 0 Å². The van der Waals surface area contributed by atoms with Crippen molar-refractivity contribution in [2.24, 2.45) is 0 Å². The van der Waals surface area contributed by atoms with Crippen LogP contribution in [-0.2, 0) is 4.79 Å². The predicted octanol–water partition coefficient (Wildman–Crippen LogP) is 4.24. The second kappa shape index (κ2) is 9.71. The summed E-state index contributed by atoms with van der Waals surface area (Å²) >= 11 is 5.80. The second-order valence-electron chi connectivity index (χ2n) is 6.30. The van der Waals surface area contributed by atoms with Crippen LogP contribution >= 0.6 is 11.6 Å². The summed E-state index contributed by atoms with van der Waals surface area (Å²) in [5.41, 5.74) is 1.30. The lowest BCUT2D eigenvalue weighted by Crippen LogP contribution is -2.31. The van der Waals surface area contributed by atoms with E-state index in [1.165, 1.54) is 6.20 Å². The van der Waals surface area contributed by atoms with E-state index in [4.69, 9.17) is 16.3 Å². The summed E-state index contributed by atoms with van der Waals surface area (Å²) in [5.74, 6) is -0.00507. The van der Waals surface area contributed by atoms with Crippen LogP contribution in [0.4, 0.5) is 5.82 Å². The molecule has 0 bridgehead atoms. The first-order valence-corrected chi connectivity index (χ1v) is 9.40. The summed E-state index contributed by atoms with van der Waals surface area (Å²) < 4.78 is 5.60. The maximum atomic E-state index is 12.6. The van der Waals surface area contributed by atoms with Gasteiger partial charge in [0.05, 0.1) is 16.6 Å². The highest BCUT2D eigenvalue weighted by Gasteiger charge is 2.15. The van der Waals surface area contributed by atoms with Gasteiger partial charge in [-0.1, -0.05) is 54.1 Å². The first-order valence-electron chi connectivity index (χ1n) is 9.02. The molecule has 148 valence electrons. The number of carbonyl (C=O) groups is 2. The maximum Gasteiger partial charge on any atom is 0.260 e. The normalized spacial score (nSPS) is 11.4. The Morgan fingerprint density at radius 3 is 2.48 bits per heavy atom. The molecule has 0 fully saturated rings. The first kappa shape index (κ1) is 20.4. The van der Waals surface area contributed by atoms with Gasteiger partial charge in [-0.15, -0.1) is 0 Å². The highest BCUT2D eigenvalue weighted by Crippen LogP contribution is 2.20. The average molecular weight is 410 g/mol. The number of aromatic nitrogens is 1.